The summed E-state index contributed by atoms with van der Waals surface area (Å²) in [5.41, 5.74) is 1.40. The topological polar surface area (TPSA) is 3.24 Å². The first-order valence-electron chi connectivity index (χ1n) is 6.71. The van der Waals surface area contributed by atoms with Crippen LogP contribution in [0, 0.1) is 0 Å². The second-order valence-electron chi connectivity index (χ2n) is 5.15. The number of halogens is 1. The Morgan fingerprint density at radius 2 is 1.76 bits per heavy atom. The third kappa shape index (κ3) is 3.82. The Labute approximate surface area is 113 Å². The van der Waals surface area contributed by atoms with Crippen LogP contribution in [0.15, 0.2) is 28.7 Å². The van der Waals surface area contributed by atoms with Gasteiger partial charge in [0.25, 0.3) is 0 Å². The van der Waals surface area contributed by atoms with Crippen molar-refractivity contribution in [2.75, 3.05) is 7.05 Å². The fourth-order valence-electron chi connectivity index (χ4n) is 2.72. The SMILES string of the molecule is CN(Cc1ccccc1Br)C1CCCCCC1. The smallest absolute Gasteiger partial charge is 0.0244 e. The number of benzene rings is 1. The summed E-state index contributed by atoms with van der Waals surface area (Å²) in [6.45, 7) is 1.06. The van der Waals surface area contributed by atoms with Crippen LogP contribution in [0.5, 0.6) is 0 Å². The van der Waals surface area contributed by atoms with Crippen molar-refractivity contribution < 1.29 is 0 Å². The Morgan fingerprint density at radius 1 is 1.12 bits per heavy atom. The molecule has 94 valence electrons. The fraction of sp³-hybridized carbons (Fsp3) is 0.600. The summed E-state index contributed by atoms with van der Waals surface area (Å²) in [7, 11) is 2.27. The van der Waals surface area contributed by atoms with Crippen LogP contribution in [-0.4, -0.2) is 18.0 Å². The van der Waals surface area contributed by atoms with Crippen LogP contribution >= 0.6 is 15.9 Å². The van der Waals surface area contributed by atoms with E-state index in [4.69, 9.17) is 0 Å². The van der Waals surface area contributed by atoms with Crippen molar-refractivity contribution in [3.05, 3.63) is 34.3 Å². The van der Waals surface area contributed by atoms with E-state index in [2.05, 4.69) is 52.1 Å². The molecule has 0 unspecified atom stereocenters. The van der Waals surface area contributed by atoms with Crippen molar-refractivity contribution in [2.45, 2.75) is 51.1 Å². The van der Waals surface area contributed by atoms with Gasteiger partial charge in [-0.1, -0.05) is 59.8 Å². The predicted octanol–water partition coefficient (Wildman–Crippen LogP) is 4.60. The van der Waals surface area contributed by atoms with Crippen LogP contribution in [0.1, 0.15) is 44.1 Å². The van der Waals surface area contributed by atoms with E-state index in [9.17, 15) is 0 Å². The van der Waals surface area contributed by atoms with Crippen molar-refractivity contribution >= 4 is 15.9 Å². The minimum absolute atomic E-state index is 0.782. The molecule has 0 heterocycles. The number of hydrogen-bond donors (Lipinski definition) is 0. The highest BCUT2D eigenvalue weighted by molar-refractivity contribution is 9.10. The Hall–Kier alpha value is -0.340. The minimum Gasteiger partial charge on any atom is -0.299 e. The van der Waals surface area contributed by atoms with E-state index in [1.165, 1.54) is 48.6 Å². The molecule has 1 aromatic rings. The molecule has 1 nitrogen and oxygen atoms in total. The van der Waals surface area contributed by atoms with E-state index in [1.54, 1.807) is 0 Å². The molecule has 0 saturated heterocycles. The lowest BCUT2D eigenvalue weighted by atomic mass is 10.1. The van der Waals surface area contributed by atoms with E-state index < -0.39 is 0 Å². The number of hydrogen-bond acceptors (Lipinski definition) is 1. The molecule has 1 aliphatic rings. The molecule has 1 fully saturated rings. The summed E-state index contributed by atoms with van der Waals surface area (Å²) in [5, 5.41) is 0. The van der Waals surface area contributed by atoms with Gasteiger partial charge in [-0.2, -0.15) is 0 Å². The lowest BCUT2D eigenvalue weighted by Crippen LogP contribution is -2.30. The van der Waals surface area contributed by atoms with Crippen LogP contribution in [0.3, 0.4) is 0 Å². The second-order valence-corrected chi connectivity index (χ2v) is 6.01. The fourth-order valence-corrected chi connectivity index (χ4v) is 3.13. The Bertz CT molecular complexity index is 343. The zero-order valence-corrected chi connectivity index (χ0v) is 12.2. The Balaban J connectivity index is 1.95. The van der Waals surface area contributed by atoms with E-state index in [0.717, 1.165) is 12.6 Å². The normalized spacial score (nSPS) is 18.3. The van der Waals surface area contributed by atoms with Gasteiger partial charge in [-0.05, 0) is 31.5 Å². The molecule has 1 aromatic carbocycles. The maximum atomic E-state index is 3.64. The Kier molecular flexibility index (Phi) is 5.05. The number of rotatable bonds is 3. The molecule has 1 saturated carbocycles. The summed E-state index contributed by atoms with van der Waals surface area (Å²) < 4.78 is 1.24. The third-order valence-electron chi connectivity index (χ3n) is 3.83. The standard InChI is InChI=1S/C15H22BrN/c1-17(14-9-4-2-3-5-10-14)12-13-8-6-7-11-15(13)16/h6-8,11,14H,2-5,9-10,12H2,1H3. The third-order valence-corrected chi connectivity index (χ3v) is 4.60. The molecule has 2 heteroatoms. The molecule has 0 amide bonds. The molecule has 0 aliphatic heterocycles. The average Bonchev–Trinajstić information content (AvgIpc) is 2.61. The van der Waals surface area contributed by atoms with E-state index in [1.807, 2.05) is 0 Å². The van der Waals surface area contributed by atoms with Crippen molar-refractivity contribution in [1.82, 2.24) is 4.90 Å². The van der Waals surface area contributed by atoms with Crippen molar-refractivity contribution in [3.8, 4) is 0 Å². The first kappa shape index (κ1) is 13.1. The van der Waals surface area contributed by atoms with Gasteiger partial charge >= 0.3 is 0 Å². The predicted molar refractivity (Wildman–Crippen MR) is 77.1 cm³/mol. The molecule has 0 N–H and O–H groups in total. The molecule has 0 radical (unpaired) electrons. The summed E-state index contributed by atoms with van der Waals surface area (Å²) >= 11 is 3.64. The maximum absolute atomic E-state index is 3.64. The van der Waals surface area contributed by atoms with Gasteiger partial charge in [-0.3, -0.25) is 4.90 Å². The molecule has 2 rings (SSSR count). The highest BCUT2D eigenvalue weighted by Gasteiger charge is 2.17. The van der Waals surface area contributed by atoms with Crippen molar-refractivity contribution in [1.29, 1.82) is 0 Å². The van der Waals surface area contributed by atoms with Gasteiger partial charge in [0.2, 0.25) is 0 Å². The molecular weight excluding hydrogens is 274 g/mol. The van der Waals surface area contributed by atoms with Crippen LogP contribution in [0.2, 0.25) is 0 Å². The van der Waals surface area contributed by atoms with Crippen LogP contribution in [-0.2, 0) is 6.54 Å². The van der Waals surface area contributed by atoms with Gasteiger partial charge in [0, 0.05) is 17.1 Å². The lowest BCUT2D eigenvalue weighted by Gasteiger charge is -2.27. The molecule has 0 atom stereocenters. The summed E-state index contributed by atoms with van der Waals surface area (Å²) in [5.74, 6) is 0. The highest BCUT2D eigenvalue weighted by Crippen LogP contribution is 2.24. The van der Waals surface area contributed by atoms with Gasteiger partial charge < -0.3 is 0 Å². The molecule has 17 heavy (non-hydrogen) atoms. The van der Waals surface area contributed by atoms with Gasteiger partial charge in [-0.25, -0.2) is 0 Å². The quantitative estimate of drug-likeness (QED) is 0.737. The molecule has 0 bridgehead atoms. The molecular formula is C15H22BrN. The van der Waals surface area contributed by atoms with Gasteiger partial charge in [-0.15, -0.1) is 0 Å². The minimum atomic E-state index is 0.782. The zero-order valence-electron chi connectivity index (χ0n) is 10.7. The van der Waals surface area contributed by atoms with Crippen LogP contribution in [0.4, 0.5) is 0 Å². The van der Waals surface area contributed by atoms with Gasteiger partial charge in [0.1, 0.15) is 0 Å². The van der Waals surface area contributed by atoms with E-state index >= 15 is 0 Å². The summed E-state index contributed by atoms with van der Waals surface area (Å²) in [6.07, 6.45) is 8.43. The van der Waals surface area contributed by atoms with Crippen molar-refractivity contribution in [3.63, 3.8) is 0 Å². The summed E-state index contributed by atoms with van der Waals surface area (Å²) in [6, 6.07) is 9.35. The average molecular weight is 296 g/mol. The Morgan fingerprint density at radius 3 is 2.41 bits per heavy atom. The first-order chi connectivity index (χ1) is 8.27. The number of nitrogens with zero attached hydrogens (tertiary/aromatic N) is 1. The monoisotopic (exact) mass is 295 g/mol. The van der Waals surface area contributed by atoms with Crippen molar-refractivity contribution in [2.24, 2.45) is 0 Å². The highest BCUT2D eigenvalue weighted by atomic mass is 79.9. The molecule has 0 spiro atoms. The largest absolute Gasteiger partial charge is 0.299 e. The zero-order chi connectivity index (χ0) is 12.1. The van der Waals surface area contributed by atoms with E-state index in [0.29, 0.717) is 0 Å². The molecule has 1 aliphatic carbocycles. The molecule has 0 aromatic heterocycles. The second kappa shape index (κ2) is 6.55. The first-order valence-corrected chi connectivity index (χ1v) is 7.50. The lowest BCUT2D eigenvalue weighted by molar-refractivity contribution is 0.212. The van der Waals surface area contributed by atoms with Crippen LogP contribution in [0.25, 0.3) is 0 Å². The summed E-state index contributed by atoms with van der Waals surface area (Å²) in [4.78, 5) is 2.53. The van der Waals surface area contributed by atoms with Gasteiger partial charge in [0.05, 0.1) is 0 Å². The maximum Gasteiger partial charge on any atom is 0.0244 e. The van der Waals surface area contributed by atoms with Crippen LogP contribution < -0.4 is 0 Å². The van der Waals surface area contributed by atoms with E-state index in [-0.39, 0.29) is 0 Å². The van der Waals surface area contributed by atoms with Gasteiger partial charge in [0.15, 0.2) is 0 Å².